The first-order valence-corrected chi connectivity index (χ1v) is 22.7. The number of aromatic nitrogens is 1. The Balaban J connectivity index is 0.958. The van der Waals surface area contributed by atoms with Crippen molar-refractivity contribution in [1.82, 2.24) is 4.57 Å². The van der Waals surface area contributed by atoms with Crippen molar-refractivity contribution in [1.29, 1.82) is 0 Å². The third kappa shape index (κ3) is 7.12. The van der Waals surface area contributed by atoms with Crippen LogP contribution in [0, 0.1) is 0 Å². The van der Waals surface area contributed by atoms with E-state index in [0.717, 1.165) is 28.3 Å². The highest BCUT2D eigenvalue weighted by atomic mass is 15.1. The van der Waals surface area contributed by atoms with E-state index in [2.05, 4.69) is 276 Å². The Hall–Kier alpha value is -8.72. The number of nitrogens with zero attached hydrogens (tertiary/aromatic N) is 2. The fourth-order valence-electron chi connectivity index (χ4n) is 9.80. The molecule has 0 aliphatic heterocycles. The molecular weight excluding hydrogens is 797 g/mol. The van der Waals surface area contributed by atoms with Crippen molar-refractivity contribution in [2.45, 2.75) is 0 Å². The second-order valence-corrected chi connectivity index (χ2v) is 16.9. The van der Waals surface area contributed by atoms with E-state index in [1.54, 1.807) is 0 Å². The van der Waals surface area contributed by atoms with Gasteiger partial charge in [0.1, 0.15) is 0 Å². The maximum absolute atomic E-state index is 2.38. The van der Waals surface area contributed by atoms with Crippen molar-refractivity contribution in [3.05, 3.63) is 267 Å². The van der Waals surface area contributed by atoms with E-state index in [9.17, 15) is 0 Å². The third-order valence-corrected chi connectivity index (χ3v) is 13.0. The average molecular weight is 841 g/mol. The fraction of sp³-hybridized carbons (Fsp3) is 0. The van der Waals surface area contributed by atoms with Crippen molar-refractivity contribution < 1.29 is 0 Å². The van der Waals surface area contributed by atoms with E-state index < -0.39 is 0 Å². The van der Waals surface area contributed by atoms with Crippen LogP contribution < -0.4 is 4.90 Å². The van der Waals surface area contributed by atoms with Crippen LogP contribution in [0.1, 0.15) is 0 Å². The number of hydrogen-bond donors (Lipinski definition) is 0. The molecule has 0 aliphatic rings. The largest absolute Gasteiger partial charge is 0.310 e. The molecule has 11 aromatic carbocycles. The minimum atomic E-state index is 1.08. The lowest BCUT2D eigenvalue weighted by molar-refractivity contribution is 1.18. The average Bonchev–Trinajstić information content (AvgIpc) is 3.73. The molecule has 0 atom stereocenters. The quantitative estimate of drug-likeness (QED) is 0.141. The SMILES string of the molecule is c1ccc(-c2ccc(-c3ccc(N(c4ccc(-c5cccc6ccccc56)cc4)c4cccc(-c5ccc6c(c5)c5ccccc5n6-c5ccccc5)c4)cc3)cc2-c2ccccc2)cc1. The number of hydrogen-bond acceptors (Lipinski definition) is 1. The third-order valence-electron chi connectivity index (χ3n) is 13.0. The lowest BCUT2D eigenvalue weighted by atomic mass is 9.91. The Kier molecular flexibility index (Phi) is 9.89. The molecule has 12 rings (SSSR count). The van der Waals surface area contributed by atoms with Gasteiger partial charge in [-0.05, 0) is 139 Å². The highest BCUT2D eigenvalue weighted by Gasteiger charge is 2.18. The van der Waals surface area contributed by atoms with Crippen LogP contribution in [-0.2, 0) is 0 Å². The van der Waals surface area contributed by atoms with Gasteiger partial charge in [0.2, 0.25) is 0 Å². The van der Waals surface area contributed by atoms with Crippen LogP contribution in [0.3, 0.4) is 0 Å². The van der Waals surface area contributed by atoms with Crippen molar-refractivity contribution in [2.75, 3.05) is 4.90 Å². The Bertz CT molecular complexity index is 3660. The zero-order chi connectivity index (χ0) is 43.8. The predicted octanol–water partition coefficient (Wildman–Crippen LogP) is 17.7. The molecule has 0 saturated carbocycles. The first kappa shape index (κ1) is 38.9. The van der Waals surface area contributed by atoms with E-state index in [1.807, 2.05) is 0 Å². The van der Waals surface area contributed by atoms with E-state index in [1.165, 1.54) is 82.6 Å². The molecule has 0 N–H and O–H groups in total. The topological polar surface area (TPSA) is 8.17 Å². The summed E-state index contributed by atoms with van der Waals surface area (Å²) >= 11 is 0. The Morgan fingerprint density at radius 1 is 0.242 bits per heavy atom. The summed E-state index contributed by atoms with van der Waals surface area (Å²) in [5.74, 6) is 0. The summed E-state index contributed by atoms with van der Waals surface area (Å²) in [4.78, 5) is 2.38. The van der Waals surface area contributed by atoms with E-state index in [0.29, 0.717) is 0 Å². The maximum Gasteiger partial charge on any atom is 0.0541 e. The molecule has 310 valence electrons. The van der Waals surface area contributed by atoms with Crippen molar-refractivity contribution in [3.63, 3.8) is 0 Å². The highest BCUT2D eigenvalue weighted by Crippen LogP contribution is 2.42. The number of benzene rings is 11. The lowest BCUT2D eigenvalue weighted by Gasteiger charge is -2.26. The molecule has 0 fully saturated rings. The Labute approximate surface area is 385 Å². The number of fused-ring (bicyclic) bond motifs is 4. The van der Waals surface area contributed by atoms with Gasteiger partial charge in [-0.3, -0.25) is 0 Å². The second-order valence-electron chi connectivity index (χ2n) is 16.9. The van der Waals surface area contributed by atoms with Gasteiger partial charge in [-0.1, -0.05) is 194 Å². The summed E-state index contributed by atoms with van der Waals surface area (Å²) in [6.45, 7) is 0. The van der Waals surface area contributed by atoms with Crippen molar-refractivity contribution in [2.24, 2.45) is 0 Å². The standard InChI is InChI=1S/C64H44N2/c1-4-16-46(17-5-1)59-40-34-51(43-61(59)48-18-6-2-7-19-48)45-30-36-54(37-31-45)65(55-38-32-49(33-39-55)58-28-15-21-47-20-10-11-26-57(47)58)56-25-14-22-50(42-56)52-35-41-64-62(44-52)60-27-12-13-29-63(60)66(64)53-23-8-3-9-24-53/h1-44H. The van der Waals surface area contributed by atoms with Crippen LogP contribution in [0.4, 0.5) is 17.1 Å². The molecule has 1 heterocycles. The molecule has 0 aliphatic carbocycles. The molecule has 0 unspecified atom stereocenters. The summed E-state index contributed by atoms with van der Waals surface area (Å²) < 4.78 is 2.37. The van der Waals surface area contributed by atoms with Crippen LogP contribution >= 0.6 is 0 Å². The maximum atomic E-state index is 2.38. The highest BCUT2D eigenvalue weighted by molar-refractivity contribution is 6.10. The van der Waals surface area contributed by atoms with E-state index in [4.69, 9.17) is 0 Å². The van der Waals surface area contributed by atoms with Crippen LogP contribution in [0.2, 0.25) is 0 Å². The molecule has 2 heteroatoms. The van der Waals surface area contributed by atoms with Gasteiger partial charge in [0.25, 0.3) is 0 Å². The molecule has 0 radical (unpaired) electrons. The molecule has 0 saturated heterocycles. The summed E-state index contributed by atoms with van der Waals surface area (Å²) in [7, 11) is 0. The predicted molar refractivity (Wildman–Crippen MR) is 280 cm³/mol. The van der Waals surface area contributed by atoms with Gasteiger partial charge in [-0.25, -0.2) is 0 Å². The lowest BCUT2D eigenvalue weighted by Crippen LogP contribution is -2.10. The minimum absolute atomic E-state index is 1.08. The van der Waals surface area contributed by atoms with Gasteiger partial charge in [0.15, 0.2) is 0 Å². The molecular formula is C64H44N2. The van der Waals surface area contributed by atoms with Gasteiger partial charge in [0.05, 0.1) is 11.0 Å². The van der Waals surface area contributed by atoms with Gasteiger partial charge in [-0.15, -0.1) is 0 Å². The molecule has 1 aromatic heterocycles. The van der Waals surface area contributed by atoms with Crippen LogP contribution in [-0.4, -0.2) is 4.57 Å². The zero-order valence-corrected chi connectivity index (χ0v) is 36.3. The van der Waals surface area contributed by atoms with E-state index in [-0.39, 0.29) is 0 Å². The fourth-order valence-corrected chi connectivity index (χ4v) is 9.80. The summed E-state index contributed by atoms with van der Waals surface area (Å²) in [6, 6.07) is 96.8. The van der Waals surface area contributed by atoms with Crippen molar-refractivity contribution >= 4 is 49.6 Å². The first-order valence-electron chi connectivity index (χ1n) is 22.7. The number of rotatable bonds is 9. The van der Waals surface area contributed by atoms with E-state index >= 15 is 0 Å². The molecule has 66 heavy (non-hydrogen) atoms. The molecule has 0 spiro atoms. The van der Waals surface area contributed by atoms with Crippen molar-refractivity contribution in [3.8, 4) is 61.3 Å². The second kappa shape index (κ2) is 16.8. The number of anilines is 3. The van der Waals surface area contributed by atoms with Crippen LogP contribution in [0.5, 0.6) is 0 Å². The summed E-state index contributed by atoms with van der Waals surface area (Å²) in [5.41, 5.74) is 18.8. The summed E-state index contributed by atoms with van der Waals surface area (Å²) in [6.07, 6.45) is 0. The Morgan fingerprint density at radius 2 is 0.742 bits per heavy atom. The number of para-hydroxylation sites is 2. The van der Waals surface area contributed by atoms with Crippen LogP contribution in [0.15, 0.2) is 267 Å². The molecule has 0 amide bonds. The molecule has 2 nitrogen and oxygen atoms in total. The Morgan fingerprint density at radius 3 is 1.48 bits per heavy atom. The van der Waals surface area contributed by atoms with Gasteiger partial charge in [-0.2, -0.15) is 0 Å². The smallest absolute Gasteiger partial charge is 0.0541 e. The van der Waals surface area contributed by atoms with Gasteiger partial charge in [0, 0.05) is 33.5 Å². The van der Waals surface area contributed by atoms with Gasteiger partial charge >= 0.3 is 0 Å². The normalized spacial score (nSPS) is 11.3. The van der Waals surface area contributed by atoms with Crippen LogP contribution in [0.25, 0.3) is 93.9 Å². The molecule has 12 aromatic rings. The summed E-state index contributed by atoms with van der Waals surface area (Å²) in [5, 5.41) is 4.98. The minimum Gasteiger partial charge on any atom is -0.310 e. The first-order chi connectivity index (χ1) is 32.7. The monoisotopic (exact) mass is 840 g/mol. The zero-order valence-electron chi connectivity index (χ0n) is 36.3. The molecule has 0 bridgehead atoms. The van der Waals surface area contributed by atoms with Gasteiger partial charge < -0.3 is 9.47 Å².